The first kappa shape index (κ1) is 16.5. The summed E-state index contributed by atoms with van der Waals surface area (Å²) in [6.07, 6.45) is 3.68. The van der Waals surface area contributed by atoms with Crippen LogP contribution in [-0.4, -0.2) is 17.3 Å². The molecule has 0 unspecified atom stereocenters. The van der Waals surface area contributed by atoms with Crippen molar-refractivity contribution < 1.29 is 18.7 Å². The van der Waals surface area contributed by atoms with Gasteiger partial charge in [0, 0.05) is 0 Å². The van der Waals surface area contributed by atoms with Crippen LogP contribution in [0, 0.1) is 5.41 Å². The lowest BCUT2D eigenvalue weighted by atomic mass is 9.86. The minimum atomic E-state index is -3.50. The summed E-state index contributed by atoms with van der Waals surface area (Å²) in [6, 6.07) is 0. The molecule has 5 heteroatoms. The molecule has 0 spiro atoms. The lowest BCUT2D eigenvalue weighted by molar-refractivity contribution is 0.146. The van der Waals surface area contributed by atoms with Crippen molar-refractivity contribution in [1.82, 2.24) is 0 Å². The molecule has 0 fully saturated rings. The monoisotopic (exact) mass is 288 g/mol. The highest BCUT2D eigenvalue weighted by molar-refractivity contribution is 7.58. The van der Waals surface area contributed by atoms with Gasteiger partial charge >= 0.3 is 7.60 Å². The lowest BCUT2D eigenvalue weighted by Gasteiger charge is -2.30. The molecule has 0 aromatic rings. The van der Waals surface area contributed by atoms with E-state index in [1.54, 1.807) is 39.8 Å². The van der Waals surface area contributed by atoms with Gasteiger partial charge in [0.25, 0.3) is 0 Å². The summed E-state index contributed by atoms with van der Waals surface area (Å²) in [7, 11) is -3.50. The van der Waals surface area contributed by atoms with E-state index in [9.17, 15) is 9.67 Å². The van der Waals surface area contributed by atoms with Crippen LogP contribution in [0.1, 0.15) is 48.0 Å². The van der Waals surface area contributed by atoms with Gasteiger partial charge in [0.1, 0.15) is 11.1 Å². The zero-order valence-corrected chi connectivity index (χ0v) is 13.5. The van der Waals surface area contributed by atoms with E-state index < -0.39 is 7.60 Å². The van der Waals surface area contributed by atoms with Crippen LogP contribution < -0.4 is 0 Å². The van der Waals surface area contributed by atoms with Gasteiger partial charge in [-0.15, -0.1) is 0 Å². The number of aliphatic hydroxyl groups is 1. The average Bonchev–Trinajstić information content (AvgIpc) is 2.19. The second-order valence-electron chi connectivity index (χ2n) is 6.12. The Morgan fingerprint density at radius 2 is 1.68 bits per heavy atom. The quantitative estimate of drug-likeness (QED) is 0.739. The fourth-order valence-electron chi connectivity index (χ4n) is 1.88. The van der Waals surface area contributed by atoms with Crippen LogP contribution in [-0.2, 0) is 13.6 Å². The molecule has 0 aromatic heterocycles. The maximum atomic E-state index is 13.0. The SMILES string of the molecule is CC(C)OP(=O)(OC(C)C)C1=CC(C)(C)CC=C1O. The van der Waals surface area contributed by atoms with E-state index in [-0.39, 0.29) is 28.7 Å². The Kier molecular flexibility index (Phi) is 5.05. The standard InChI is InChI=1S/C14H25O4P/c1-10(2)17-19(16,18-11(3)4)13-9-14(5,6)8-7-12(13)15/h7,9-11,15H,8H2,1-6H3. The number of rotatable bonds is 5. The molecular weight excluding hydrogens is 263 g/mol. The van der Waals surface area contributed by atoms with Crippen LogP contribution >= 0.6 is 7.60 Å². The van der Waals surface area contributed by atoms with Gasteiger partial charge in [0.05, 0.1) is 12.2 Å². The van der Waals surface area contributed by atoms with Crippen LogP contribution in [0.4, 0.5) is 0 Å². The van der Waals surface area contributed by atoms with Gasteiger partial charge in [0.15, 0.2) is 0 Å². The molecule has 0 radical (unpaired) electrons. The van der Waals surface area contributed by atoms with Gasteiger partial charge in [-0.1, -0.05) is 19.9 Å². The zero-order valence-electron chi connectivity index (χ0n) is 12.6. The molecule has 0 amide bonds. The summed E-state index contributed by atoms with van der Waals surface area (Å²) >= 11 is 0. The Bertz CT molecular complexity index is 419. The highest BCUT2D eigenvalue weighted by Gasteiger charge is 2.38. The fraction of sp³-hybridized carbons (Fsp3) is 0.714. The highest BCUT2D eigenvalue weighted by atomic mass is 31.2. The molecule has 19 heavy (non-hydrogen) atoms. The summed E-state index contributed by atoms with van der Waals surface area (Å²) in [6.45, 7) is 11.2. The average molecular weight is 288 g/mol. The maximum Gasteiger partial charge on any atom is 0.365 e. The molecule has 0 bridgehead atoms. The number of aliphatic hydroxyl groups excluding tert-OH is 1. The molecule has 1 N–H and O–H groups in total. The summed E-state index contributed by atoms with van der Waals surface area (Å²) in [4.78, 5) is 0. The predicted molar refractivity (Wildman–Crippen MR) is 77.2 cm³/mol. The molecular formula is C14H25O4P. The van der Waals surface area contributed by atoms with Crippen molar-refractivity contribution in [2.75, 3.05) is 0 Å². The predicted octanol–water partition coefficient (Wildman–Crippen LogP) is 4.79. The molecule has 4 nitrogen and oxygen atoms in total. The molecule has 1 aliphatic carbocycles. The molecule has 0 aliphatic heterocycles. The number of allylic oxidation sites excluding steroid dienone is 3. The molecule has 0 atom stereocenters. The lowest BCUT2D eigenvalue weighted by Crippen LogP contribution is -2.16. The topological polar surface area (TPSA) is 55.8 Å². The van der Waals surface area contributed by atoms with E-state index in [4.69, 9.17) is 9.05 Å². The normalized spacial score (nSPS) is 19.6. The van der Waals surface area contributed by atoms with Gasteiger partial charge < -0.3 is 14.2 Å². The number of hydrogen-bond donors (Lipinski definition) is 1. The van der Waals surface area contributed by atoms with E-state index in [0.717, 1.165) is 0 Å². The smallest absolute Gasteiger partial charge is 0.365 e. The van der Waals surface area contributed by atoms with E-state index in [1.165, 1.54) is 0 Å². The largest absolute Gasteiger partial charge is 0.507 e. The molecule has 0 aromatic carbocycles. The first-order valence-electron chi connectivity index (χ1n) is 6.65. The van der Waals surface area contributed by atoms with Crippen LogP contribution in [0.25, 0.3) is 0 Å². The van der Waals surface area contributed by atoms with Gasteiger partial charge in [-0.2, -0.15) is 0 Å². The van der Waals surface area contributed by atoms with E-state index in [1.807, 2.05) is 13.8 Å². The van der Waals surface area contributed by atoms with E-state index in [2.05, 4.69) is 0 Å². The summed E-state index contributed by atoms with van der Waals surface area (Å²) in [5.74, 6) is 0.00367. The Balaban J connectivity index is 3.20. The van der Waals surface area contributed by atoms with Crippen LogP contribution in [0.2, 0.25) is 0 Å². The summed E-state index contributed by atoms with van der Waals surface area (Å²) < 4.78 is 24.0. The first-order valence-corrected chi connectivity index (χ1v) is 8.20. The highest BCUT2D eigenvalue weighted by Crippen LogP contribution is 2.61. The van der Waals surface area contributed by atoms with Crippen molar-refractivity contribution in [1.29, 1.82) is 0 Å². The van der Waals surface area contributed by atoms with E-state index in [0.29, 0.717) is 6.42 Å². The second kappa shape index (κ2) is 5.82. The molecule has 0 saturated heterocycles. The molecule has 110 valence electrons. The van der Waals surface area contributed by atoms with Crippen molar-refractivity contribution in [2.24, 2.45) is 5.41 Å². The third-order valence-electron chi connectivity index (χ3n) is 2.61. The van der Waals surface area contributed by atoms with Crippen LogP contribution in [0.3, 0.4) is 0 Å². The van der Waals surface area contributed by atoms with Crippen LogP contribution in [0.5, 0.6) is 0 Å². The molecule has 0 heterocycles. The summed E-state index contributed by atoms with van der Waals surface area (Å²) in [5.41, 5.74) is -0.169. The maximum absolute atomic E-state index is 13.0. The third-order valence-corrected chi connectivity index (χ3v) is 4.95. The van der Waals surface area contributed by atoms with Gasteiger partial charge in [0.2, 0.25) is 0 Å². The third kappa shape index (κ3) is 4.48. The van der Waals surface area contributed by atoms with Crippen molar-refractivity contribution >= 4 is 7.60 Å². The van der Waals surface area contributed by atoms with Crippen molar-refractivity contribution in [3.8, 4) is 0 Å². The fourth-order valence-corrected chi connectivity index (χ4v) is 4.15. The second-order valence-corrected chi connectivity index (χ2v) is 8.02. The van der Waals surface area contributed by atoms with Crippen molar-refractivity contribution in [3.63, 3.8) is 0 Å². The Hall–Kier alpha value is -0.570. The summed E-state index contributed by atoms with van der Waals surface area (Å²) in [5, 5.41) is 10.3. The first-order chi connectivity index (χ1) is 8.56. The van der Waals surface area contributed by atoms with Gasteiger partial charge in [-0.25, -0.2) is 0 Å². The van der Waals surface area contributed by atoms with Gasteiger partial charge in [-0.05, 0) is 45.6 Å². The Morgan fingerprint density at radius 3 is 2.11 bits per heavy atom. The molecule has 1 rings (SSSR count). The Labute approximate surface area is 116 Å². The Morgan fingerprint density at radius 1 is 1.21 bits per heavy atom. The van der Waals surface area contributed by atoms with Crippen molar-refractivity contribution in [2.45, 2.75) is 60.2 Å². The van der Waals surface area contributed by atoms with Crippen molar-refractivity contribution in [3.05, 3.63) is 23.2 Å². The van der Waals surface area contributed by atoms with Crippen LogP contribution in [0.15, 0.2) is 23.2 Å². The molecule has 0 saturated carbocycles. The molecule has 1 aliphatic rings. The number of hydrogen-bond acceptors (Lipinski definition) is 4. The minimum absolute atomic E-state index is 0.00367. The zero-order chi connectivity index (χ0) is 14.8. The van der Waals surface area contributed by atoms with Gasteiger partial charge in [-0.3, -0.25) is 4.57 Å². The van der Waals surface area contributed by atoms with E-state index >= 15 is 0 Å². The minimum Gasteiger partial charge on any atom is -0.507 e.